The maximum absolute atomic E-state index is 12.3. The SMILES string of the molecule is CCSC1CCCC1NC(=O)[C@H]1NCCO[C@@H]1C. The van der Waals surface area contributed by atoms with Crippen LogP contribution < -0.4 is 10.6 Å². The zero-order valence-electron chi connectivity index (χ0n) is 11.3. The molecule has 0 spiro atoms. The summed E-state index contributed by atoms with van der Waals surface area (Å²) >= 11 is 1.97. The highest BCUT2D eigenvalue weighted by Crippen LogP contribution is 2.29. The van der Waals surface area contributed by atoms with Crippen LogP contribution in [0.2, 0.25) is 0 Å². The lowest BCUT2D eigenvalue weighted by Gasteiger charge is -2.31. The predicted octanol–water partition coefficient (Wildman–Crippen LogP) is 1.15. The molecule has 2 N–H and O–H groups in total. The van der Waals surface area contributed by atoms with Crippen LogP contribution in [0, 0.1) is 0 Å². The van der Waals surface area contributed by atoms with Crippen molar-refractivity contribution in [3.8, 4) is 0 Å². The molecule has 1 heterocycles. The van der Waals surface area contributed by atoms with Crippen LogP contribution in [0.5, 0.6) is 0 Å². The van der Waals surface area contributed by atoms with E-state index in [0.717, 1.165) is 18.7 Å². The van der Waals surface area contributed by atoms with E-state index in [1.807, 2.05) is 18.7 Å². The zero-order valence-corrected chi connectivity index (χ0v) is 12.1. The fourth-order valence-corrected chi connectivity index (χ4v) is 4.00. The molecule has 104 valence electrons. The van der Waals surface area contributed by atoms with Crippen LogP contribution >= 0.6 is 11.8 Å². The van der Waals surface area contributed by atoms with Gasteiger partial charge in [0.05, 0.1) is 12.7 Å². The minimum absolute atomic E-state index is 0.0302. The van der Waals surface area contributed by atoms with Crippen molar-refractivity contribution in [2.75, 3.05) is 18.9 Å². The highest BCUT2D eigenvalue weighted by Gasteiger charge is 2.33. The molecule has 4 nitrogen and oxygen atoms in total. The second kappa shape index (κ2) is 6.78. The minimum Gasteiger partial charge on any atom is -0.375 e. The average molecular weight is 272 g/mol. The lowest BCUT2D eigenvalue weighted by molar-refractivity contribution is -0.129. The number of rotatable bonds is 4. The molecule has 5 heteroatoms. The molecule has 1 aliphatic carbocycles. The first-order chi connectivity index (χ1) is 8.72. The molecular formula is C13H24N2O2S. The maximum Gasteiger partial charge on any atom is 0.240 e. The predicted molar refractivity (Wildman–Crippen MR) is 74.9 cm³/mol. The van der Waals surface area contributed by atoms with Crippen molar-refractivity contribution in [3.05, 3.63) is 0 Å². The summed E-state index contributed by atoms with van der Waals surface area (Å²) in [7, 11) is 0. The lowest BCUT2D eigenvalue weighted by Crippen LogP contribution is -2.57. The highest BCUT2D eigenvalue weighted by atomic mass is 32.2. The number of hydrogen-bond donors (Lipinski definition) is 2. The van der Waals surface area contributed by atoms with Gasteiger partial charge < -0.3 is 15.4 Å². The molecule has 1 saturated heterocycles. The Kier molecular flexibility index (Phi) is 5.33. The van der Waals surface area contributed by atoms with E-state index in [-0.39, 0.29) is 18.1 Å². The van der Waals surface area contributed by atoms with Crippen molar-refractivity contribution < 1.29 is 9.53 Å². The van der Waals surface area contributed by atoms with Crippen LogP contribution in [0.4, 0.5) is 0 Å². The number of thioether (sulfide) groups is 1. The number of carbonyl (C=O) groups excluding carboxylic acids is 1. The van der Waals surface area contributed by atoms with Gasteiger partial charge in [-0.15, -0.1) is 0 Å². The molecule has 18 heavy (non-hydrogen) atoms. The van der Waals surface area contributed by atoms with Crippen LogP contribution in [0.25, 0.3) is 0 Å². The van der Waals surface area contributed by atoms with Gasteiger partial charge in [-0.05, 0) is 25.5 Å². The van der Waals surface area contributed by atoms with E-state index in [2.05, 4.69) is 17.6 Å². The lowest BCUT2D eigenvalue weighted by atomic mass is 10.1. The Labute approximate surface area is 114 Å². The summed E-state index contributed by atoms with van der Waals surface area (Å²) in [4.78, 5) is 12.3. The fraction of sp³-hybridized carbons (Fsp3) is 0.923. The summed E-state index contributed by atoms with van der Waals surface area (Å²) in [6.45, 7) is 5.60. The molecule has 0 aromatic rings. The van der Waals surface area contributed by atoms with Gasteiger partial charge in [-0.1, -0.05) is 13.3 Å². The summed E-state index contributed by atoms with van der Waals surface area (Å²) in [5.74, 6) is 1.23. The molecule has 2 fully saturated rings. The Balaban J connectivity index is 1.86. The minimum atomic E-state index is -0.188. The van der Waals surface area contributed by atoms with E-state index in [1.54, 1.807) is 0 Å². The van der Waals surface area contributed by atoms with E-state index in [9.17, 15) is 4.79 Å². The molecule has 0 radical (unpaired) electrons. The molecule has 0 bridgehead atoms. The number of carbonyl (C=O) groups is 1. The third kappa shape index (κ3) is 3.39. The van der Waals surface area contributed by atoms with Crippen LogP contribution in [-0.2, 0) is 9.53 Å². The van der Waals surface area contributed by atoms with Crippen molar-refractivity contribution in [1.82, 2.24) is 10.6 Å². The van der Waals surface area contributed by atoms with E-state index in [0.29, 0.717) is 17.9 Å². The third-order valence-corrected chi connectivity index (χ3v) is 5.09. The second-order valence-electron chi connectivity index (χ2n) is 5.05. The normalized spacial score (nSPS) is 36.6. The van der Waals surface area contributed by atoms with E-state index < -0.39 is 0 Å². The summed E-state index contributed by atoms with van der Waals surface area (Å²) in [5, 5.41) is 7.05. The highest BCUT2D eigenvalue weighted by molar-refractivity contribution is 7.99. The molecule has 2 aliphatic rings. The molecule has 0 aromatic carbocycles. The van der Waals surface area contributed by atoms with Gasteiger partial charge in [0.2, 0.25) is 5.91 Å². The summed E-state index contributed by atoms with van der Waals surface area (Å²) in [6, 6.07) is 0.157. The van der Waals surface area contributed by atoms with Crippen LogP contribution in [0.3, 0.4) is 0 Å². The first kappa shape index (κ1) is 14.2. The summed E-state index contributed by atoms with van der Waals surface area (Å²) in [5.41, 5.74) is 0. The molecule has 1 aliphatic heterocycles. The molecule has 0 aromatic heterocycles. The smallest absolute Gasteiger partial charge is 0.240 e. The molecule has 2 unspecified atom stereocenters. The Morgan fingerprint density at radius 2 is 2.33 bits per heavy atom. The van der Waals surface area contributed by atoms with Crippen LogP contribution in [0.15, 0.2) is 0 Å². The standard InChI is InChI=1S/C13H24N2O2S/c1-3-18-11-6-4-5-10(11)15-13(16)12-9(2)17-8-7-14-12/h9-12,14H,3-8H2,1-2H3,(H,15,16)/t9-,10?,11?,12+/m1/s1. The maximum atomic E-state index is 12.3. The average Bonchev–Trinajstić information content (AvgIpc) is 2.78. The van der Waals surface area contributed by atoms with Gasteiger partial charge in [0.15, 0.2) is 0 Å². The van der Waals surface area contributed by atoms with E-state index in [4.69, 9.17) is 4.74 Å². The van der Waals surface area contributed by atoms with E-state index in [1.165, 1.54) is 12.8 Å². The quantitative estimate of drug-likeness (QED) is 0.806. The van der Waals surface area contributed by atoms with Crippen molar-refractivity contribution >= 4 is 17.7 Å². The van der Waals surface area contributed by atoms with E-state index >= 15 is 0 Å². The first-order valence-electron chi connectivity index (χ1n) is 6.99. The van der Waals surface area contributed by atoms with Crippen molar-refractivity contribution in [2.45, 2.75) is 56.5 Å². The number of nitrogens with one attached hydrogen (secondary N) is 2. The molecule has 4 atom stereocenters. The van der Waals surface area contributed by atoms with Gasteiger partial charge >= 0.3 is 0 Å². The van der Waals surface area contributed by atoms with Crippen molar-refractivity contribution in [2.24, 2.45) is 0 Å². The van der Waals surface area contributed by atoms with Gasteiger partial charge in [-0.25, -0.2) is 0 Å². The number of morpholine rings is 1. The molecule has 1 amide bonds. The van der Waals surface area contributed by atoms with Gasteiger partial charge in [-0.3, -0.25) is 4.79 Å². The summed E-state index contributed by atoms with van der Waals surface area (Å²) < 4.78 is 5.52. The Hall–Kier alpha value is -0.260. The van der Waals surface area contributed by atoms with Crippen LogP contribution in [0.1, 0.15) is 33.1 Å². The van der Waals surface area contributed by atoms with Gasteiger partial charge in [0.1, 0.15) is 6.04 Å². The van der Waals surface area contributed by atoms with Crippen LogP contribution in [-0.4, -0.2) is 48.2 Å². The number of hydrogen-bond acceptors (Lipinski definition) is 4. The van der Waals surface area contributed by atoms with Gasteiger partial charge in [-0.2, -0.15) is 11.8 Å². The Bertz CT molecular complexity index is 288. The Morgan fingerprint density at radius 1 is 1.50 bits per heavy atom. The topological polar surface area (TPSA) is 50.4 Å². The monoisotopic (exact) mass is 272 g/mol. The third-order valence-electron chi connectivity index (χ3n) is 3.76. The van der Waals surface area contributed by atoms with Gasteiger partial charge in [0, 0.05) is 17.8 Å². The van der Waals surface area contributed by atoms with Gasteiger partial charge in [0.25, 0.3) is 0 Å². The molecular weight excluding hydrogens is 248 g/mol. The molecule has 2 rings (SSSR count). The Morgan fingerprint density at radius 3 is 3.06 bits per heavy atom. The largest absolute Gasteiger partial charge is 0.375 e. The first-order valence-corrected chi connectivity index (χ1v) is 8.04. The zero-order chi connectivity index (χ0) is 13.0. The number of ether oxygens (including phenoxy) is 1. The second-order valence-corrected chi connectivity index (χ2v) is 6.56. The summed E-state index contributed by atoms with van der Waals surface area (Å²) in [6.07, 6.45) is 3.54. The fourth-order valence-electron chi connectivity index (χ4n) is 2.80. The van der Waals surface area contributed by atoms with Crippen molar-refractivity contribution in [3.63, 3.8) is 0 Å². The van der Waals surface area contributed by atoms with Crippen molar-refractivity contribution in [1.29, 1.82) is 0 Å². The number of amides is 1. The molecule has 1 saturated carbocycles.